The lowest BCUT2D eigenvalue weighted by Crippen LogP contribution is -2.13. The standard InChI is InChI=1S/C9H11F3N2O2S/c1-14-5-6(13)4-7(14)8(15)16-2-3-17-9(10,11)12/h4-5H,2-3,13H2,1H3. The number of hydrogen-bond acceptors (Lipinski definition) is 4. The van der Waals surface area contributed by atoms with Crippen LogP contribution >= 0.6 is 11.8 Å². The van der Waals surface area contributed by atoms with Gasteiger partial charge in [0.05, 0.1) is 5.69 Å². The van der Waals surface area contributed by atoms with E-state index in [1.54, 1.807) is 7.05 Å². The van der Waals surface area contributed by atoms with Gasteiger partial charge in [-0.1, -0.05) is 0 Å². The monoisotopic (exact) mass is 268 g/mol. The average molecular weight is 268 g/mol. The minimum atomic E-state index is -4.30. The smallest absolute Gasteiger partial charge is 0.441 e. The summed E-state index contributed by atoms with van der Waals surface area (Å²) in [4.78, 5) is 11.4. The molecule has 0 unspecified atom stereocenters. The van der Waals surface area contributed by atoms with Crippen molar-refractivity contribution >= 4 is 23.4 Å². The Balaban J connectivity index is 2.38. The van der Waals surface area contributed by atoms with Crippen LogP contribution in [-0.2, 0) is 11.8 Å². The van der Waals surface area contributed by atoms with E-state index in [0.717, 1.165) is 0 Å². The van der Waals surface area contributed by atoms with Crippen molar-refractivity contribution in [3.05, 3.63) is 18.0 Å². The van der Waals surface area contributed by atoms with E-state index >= 15 is 0 Å². The number of ether oxygens (including phenoxy) is 1. The molecule has 4 nitrogen and oxygen atoms in total. The molecular formula is C9H11F3N2O2S. The summed E-state index contributed by atoms with van der Waals surface area (Å²) in [6.45, 7) is -0.298. The van der Waals surface area contributed by atoms with Crippen LogP contribution in [0.4, 0.5) is 18.9 Å². The van der Waals surface area contributed by atoms with Crippen molar-refractivity contribution < 1.29 is 22.7 Å². The molecule has 0 atom stereocenters. The number of carbonyl (C=O) groups is 1. The van der Waals surface area contributed by atoms with Crippen LogP contribution < -0.4 is 5.73 Å². The van der Waals surface area contributed by atoms with E-state index in [4.69, 9.17) is 5.73 Å². The van der Waals surface area contributed by atoms with Gasteiger partial charge in [0.2, 0.25) is 0 Å². The molecule has 0 fully saturated rings. The molecule has 0 radical (unpaired) electrons. The number of esters is 1. The number of aryl methyl sites for hydroxylation is 1. The fourth-order valence-electron chi connectivity index (χ4n) is 1.16. The maximum atomic E-state index is 11.8. The predicted octanol–water partition coefficient (Wildman–Crippen LogP) is 2.02. The first-order valence-electron chi connectivity index (χ1n) is 4.59. The number of nitrogen functional groups attached to an aromatic ring is 1. The van der Waals surface area contributed by atoms with Crippen molar-refractivity contribution in [3.8, 4) is 0 Å². The van der Waals surface area contributed by atoms with Crippen molar-refractivity contribution in [2.24, 2.45) is 7.05 Å². The van der Waals surface area contributed by atoms with Crippen molar-refractivity contribution in [3.63, 3.8) is 0 Å². The first-order chi connectivity index (χ1) is 7.79. The van der Waals surface area contributed by atoms with Gasteiger partial charge in [0.25, 0.3) is 0 Å². The molecule has 0 aliphatic carbocycles. The van der Waals surface area contributed by atoms with Crippen LogP contribution in [-0.4, -0.2) is 28.4 Å². The number of halogens is 3. The number of carbonyl (C=O) groups excluding carboxylic acids is 1. The number of anilines is 1. The Bertz CT molecular complexity index is 403. The lowest BCUT2D eigenvalue weighted by atomic mass is 10.4. The summed E-state index contributed by atoms with van der Waals surface area (Å²) in [5, 5.41) is 0. The van der Waals surface area contributed by atoms with E-state index < -0.39 is 11.5 Å². The number of hydrogen-bond donors (Lipinski definition) is 1. The highest BCUT2D eigenvalue weighted by Crippen LogP contribution is 2.29. The third kappa shape index (κ3) is 4.59. The minimum absolute atomic E-state index is 0.208. The van der Waals surface area contributed by atoms with Crippen molar-refractivity contribution in [1.82, 2.24) is 4.57 Å². The molecule has 96 valence electrons. The van der Waals surface area contributed by atoms with Gasteiger partial charge in [-0.2, -0.15) is 13.2 Å². The van der Waals surface area contributed by atoms with Crippen LogP contribution in [0.5, 0.6) is 0 Å². The fourth-order valence-corrected chi connectivity index (χ4v) is 1.56. The highest BCUT2D eigenvalue weighted by atomic mass is 32.2. The lowest BCUT2D eigenvalue weighted by Gasteiger charge is -2.07. The molecule has 0 aliphatic heterocycles. The molecule has 0 aliphatic rings. The Kier molecular flexibility index (Phi) is 4.33. The van der Waals surface area contributed by atoms with Crippen LogP contribution in [0.1, 0.15) is 10.5 Å². The summed E-state index contributed by atoms with van der Waals surface area (Å²) in [5.74, 6) is -1.01. The number of nitrogens with two attached hydrogens (primary N) is 1. The van der Waals surface area contributed by atoms with Gasteiger partial charge in [0, 0.05) is 19.0 Å². The molecule has 2 N–H and O–H groups in total. The Morgan fingerprint density at radius 3 is 2.71 bits per heavy atom. The molecule has 0 spiro atoms. The molecule has 17 heavy (non-hydrogen) atoms. The number of aromatic nitrogens is 1. The first-order valence-corrected chi connectivity index (χ1v) is 5.58. The summed E-state index contributed by atoms with van der Waals surface area (Å²) in [5.41, 5.74) is 1.74. The van der Waals surface area contributed by atoms with E-state index in [0.29, 0.717) is 5.69 Å². The van der Waals surface area contributed by atoms with E-state index in [1.807, 2.05) is 0 Å². The summed E-state index contributed by atoms with van der Waals surface area (Å²) < 4.78 is 41.5. The number of alkyl halides is 3. The predicted molar refractivity (Wildman–Crippen MR) is 58.6 cm³/mol. The summed E-state index contributed by atoms with van der Waals surface area (Å²) >= 11 is -0.229. The van der Waals surface area contributed by atoms with Gasteiger partial charge >= 0.3 is 11.5 Å². The van der Waals surface area contributed by atoms with Crippen LogP contribution in [0, 0.1) is 0 Å². The first kappa shape index (κ1) is 13.8. The minimum Gasteiger partial charge on any atom is -0.460 e. The van der Waals surface area contributed by atoms with Crippen molar-refractivity contribution in [1.29, 1.82) is 0 Å². The Hall–Kier alpha value is -1.31. The molecule has 1 aromatic heterocycles. The van der Waals surface area contributed by atoms with Gasteiger partial charge in [-0.25, -0.2) is 4.79 Å². The normalized spacial score (nSPS) is 11.5. The van der Waals surface area contributed by atoms with E-state index in [9.17, 15) is 18.0 Å². The lowest BCUT2D eigenvalue weighted by molar-refractivity contribution is -0.0331. The molecule has 0 saturated heterocycles. The van der Waals surface area contributed by atoms with Crippen LogP contribution in [0.3, 0.4) is 0 Å². The highest BCUT2D eigenvalue weighted by molar-refractivity contribution is 8.00. The highest BCUT2D eigenvalue weighted by Gasteiger charge is 2.27. The third-order valence-electron chi connectivity index (χ3n) is 1.82. The maximum absolute atomic E-state index is 11.8. The SMILES string of the molecule is Cn1cc(N)cc1C(=O)OCCSC(F)(F)F. The summed E-state index contributed by atoms with van der Waals surface area (Å²) in [7, 11) is 1.59. The second kappa shape index (κ2) is 5.35. The zero-order valence-corrected chi connectivity index (χ0v) is 9.77. The largest absolute Gasteiger partial charge is 0.460 e. The van der Waals surface area contributed by atoms with Gasteiger partial charge < -0.3 is 15.0 Å². The van der Waals surface area contributed by atoms with Gasteiger partial charge in [-0.3, -0.25) is 0 Å². The molecule has 1 rings (SSSR count). The average Bonchev–Trinajstić information content (AvgIpc) is 2.51. The van der Waals surface area contributed by atoms with E-state index in [-0.39, 0.29) is 29.8 Å². The molecule has 1 aromatic rings. The second-order valence-electron chi connectivity index (χ2n) is 3.20. The maximum Gasteiger partial charge on any atom is 0.441 e. The Labute approximate surface area is 99.9 Å². The van der Waals surface area contributed by atoms with Gasteiger partial charge in [-0.15, -0.1) is 0 Å². The zero-order valence-electron chi connectivity index (χ0n) is 8.95. The summed E-state index contributed by atoms with van der Waals surface area (Å²) in [6, 6.07) is 1.40. The topological polar surface area (TPSA) is 57.2 Å². The molecule has 0 bridgehead atoms. The van der Waals surface area contributed by atoms with Crippen LogP contribution in [0.15, 0.2) is 12.3 Å². The van der Waals surface area contributed by atoms with Crippen LogP contribution in [0.25, 0.3) is 0 Å². The second-order valence-corrected chi connectivity index (χ2v) is 4.36. The van der Waals surface area contributed by atoms with Crippen molar-refractivity contribution in [2.45, 2.75) is 5.51 Å². The molecule has 8 heteroatoms. The Morgan fingerprint density at radius 2 is 2.24 bits per heavy atom. The molecule has 0 aromatic carbocycles. The van der Waals surface area contributed by atoms with Gasteiger partial charge in [-0.05, 0) is 17.8 Å². The number of thioether (sulfide) groups is 1. The molecular weight excluding hydrogens is 257 g/mol. The molecule has 0 amide bonds. The summed E-state index contributed by atoms with van der Waals surface area (Å²) in [6.07, 6.45) is 1.51. The van der Waals surface area contributed by atoms with E-state index in [2.05, 4.69) is 4.74 Å². The quantitative estimate of drug-likeness (QED) is 0.670. The third-order valence-corrected chi connectivity index (χ3v) is 2.52. The van der Waals surface area contributed by atoms with E-state index in [1.165, 1.54) is 16.8 Å². The molecule has 1 heterocycles. The fraction of sp³-hybridized carbons (Fsp3) is 0.444. The van der Waals surface area contributed by atoms with Crippen LogP contribution in [0.2, 0.25) is 0 Å². The van der Waals surface area contributed by atoms with Crippen molar-refractivity contribution in [2.75, 3.05) is 18.1 Å². The number of rotatable bonds is 4. The Morgan fingerprint density at radius 1 is 1.59 bits per heavy atom. The number of nitrogens with zero attached hydrogens (tertiary/aromatic N) is 1. The molecule has 0 saturated carbocycles. The zero-order chi connectivity index (χ0) is 13.1. The van der Waals surface area contributed by atoms with Gasteiger partial charge in [0.1, 0.15) is 12.3 Å². The van der Waals surface area contributed by atoms with Gasteiger partial charge in [0.15, 0.2) is 0 Å².